The van der Waals surface area contributed by atoms with Crippen molar-refractivity contribution in [1.82, 2.24) is 15.6 Å². The minimum atomic E-state index is -0.441. The molecular weight excluding hydrogens is 244 g/mol. The molecule has 2 rings (SSSR count). The van der Waals surface area contributed by atoms with Gasteiger partial charge in [-0.3, -0.25) is 14.6 Å². The molecule has 1 saturated heterocycles. The van der Waals surface area contributed by atoms with Crippen LogP contribution >= 0.6 is 0 Å². The third-order valence-corrected chi connectivity index (χ3v) is 3.02. The van der Waals surface area contributed by atoms with Crippen molar-refractivity contribution < 1.29 is 9.59 Å². The molecule has 0 saturated carbocycles. The maximum atomic E-state index is 12.2. The highest BCUT2D eigenvalue weighted by molar-refractivity contribution is 6.01. The quantitative estimate of drug-likeness (QED) is 0.739. The first-order valence-electron chi connectivity index (χ1n) is 6.49. The van der Waals surface area contributed by atoms with Crippen molar-refractivity contribution in [3.05, 3.63) is 24.0 Å². The molecule has 1 aromatic rings. The van der Waals surface area contributed by atoms with Gasteiger partial charge >= 0.3 is 0 Å². The standard InChI is InChI=1S/C13H18N4O2/c1-2-15-11-8-14-7-5-9(11)12(18)17-10-4-3-6-16-13(10)19/h5,7-8,10,15H,2-4,6H2,1H3,(H,16,19)(H,17,18). The van der Waals surface area contributed by atoms with Crippen molar-refractivity contribution in [3.63, 3.8) is 0 Å². The molecule has 2 amide bonds. The molecule has 19 heavy (non-hydrogen) atoms. The summed E-state index contributed by atoms with van der Waals surface area (Å²) >= 11 is 0. The lowest BCUT2D eigenvalue weighted by atomic mass is 10.1. The summed E-state index contributed by atoms with van der Waals surface area (Å²) in [4.78, 5) is 27.8. The molecule has 1 aliphatic heterocycles. The molecule has 1 atom stereocenters. The van der Waals surface area contributed by atoms with E-state index >= 15 is 0 Å². The SMILES string of the molecule is CCNc1cnccc1C(=O)NC1CCCNC1=O. The molecule has 0 radical (unpaired) electrons. The minimum Gasteiger partial charge on any atom is -0.383 e. The van der Waals surface area contributed by atoms with E-state index in [9.17, 15) is 9.59 Å². The third kappa shape index (κ3) is 3.21. The van der Waals surface area contributed by atoms with Crippen LogP contribution in [0.3, 0.4) is 0 Å². The summed E-state index contributed by atoms with van der Waals surface area (Å²) in [6.07, 6.45) is 4.74. The van der Waals surface area contributed by atoms with Gasteiger partial charge in [0.25, 0.3) is 5.91 Å². The number of nitrogens with zero attached hydrogens (tertiary/aromatic N) is 1. The molecule has 2 heterocycles. The first-order chi connectivity index (χ1) is 9.22. The maximum Gasteiger partial charge on any atom is 0.254 e. The molecule has 0 spiro atoms. The van der Waals surface area contributed by atoms with Crippen LogP contribution in [0.25, 0.3) is 0 Å². The molecule has 6 nitrogen and oxygen atoms in total. The van der Waals surface area contributed by atoms with Crippen molar-refractivity contribution in [2.75, 3.05) is 18.4 Å². The van der Waals surface area contributed by atoms with Crippen molar-refractivity contribution in [1.29, 1.82) is 0 Å². The Kier molecular flexibility index (Phi) is 4.33. The summed E-state index contributed by atoms with van der Waals surface area (Å²) in [6.45, 7) is 3.34. The average molecular weight is 262 g/mol. The number of hydrogen-bond acceptors (Lipinski definition) is 4. The molecular formula is C13H18N4O2. The van der Waals surface area contributed by atoms with E-state index in [1.165, 1.54) is 0 Å². The molecule has 102 valence electrons. The van der Waals surface area contributed by atoms with Gasteiger partial charge in [-0.2, -0.15) is 0 Å². The van der Waals surface area contributed by atoms with Crippen LogP contribution in [-0.2, 0) is 4.79 Å². The number of nitrogens with one attached hydrogen (secondary N) is 3. The fraction of sp³-hybridized carbons (Fsp3) is 0.462. The Morgan fingerprint density at radius 3 is 3.16 bits per heavy atom. The Morgan fingerprint density at radius 1 is 1.58 bits per heavy atom. The number of aromatic nitrogens is 1. The van der Waals surface area contributed by atoms with Gasteiger partial charge in [0.05, 0.1) is 17.4 Å². The molecule has 1 aliphatic rings. The minimum absolute atomic E-state index is 0.112. The van der Waals surface area contributed by atoms with E-state index < -0.39 is 6.04 Å². The summed E-state index contributed by atoms with van der Waals surface area (Å²) in [6, 6.07) is 1.21. The third-order valence-electron chi connectivity index (χ3n) is 3.02. The Labute approximate surface area is 112 Å². The summed E-state index contributed by atoms with van der Waals surface area (Å²) in [5.74, 6) is -0.362. The zero-order valence-corrected chi connectivity index (χ0v) is 10.9. The highest BCUT2D eigenvalue weighted by Crippen LogP contribution is 2.14. The molecule has 0 bridgehead atoms. The maximum absolute atomic E-state index is 12.2. The molecule has 1 fully saturated rings. The van der Waals surface area contributed by atoms with Crippen molar-refractivity contribution >= 4 is 17.5 Å². The molecule has 1 unspecified atom stereocenters. The van der Waals surface area contributed by atoms with Crippen LogP contribution < -0.4 is 16.0 Å². The van der Waals surface area contributed by atoms with Crippen LogP contribution in [0.5, 0.6) is 0 Å². The highest BCUT2D eigenvalue weighted by atomic mass is 16.2. The van der Waals surface area contributed by atoms with E-state index in [4.69, 9.17) is 0 Å². The van der Waals surface area contributed by atoms with Gasteiger partial charge in [0.2, 0.25) is 5.91 Å². The monoisotopic (exact) mass is 262 g/mol. The van der Waals surface area contributed by atoms with Gasteiger partial charge in [-0.1, -0.05) is 0 Å². The molecule has 6 heteroatoms. The molecule has 0 aromatic carbocycles. The topological polar surface area (TPSA) is 83.1 Å². The van der Waals surface area contributed by atoms with Crippen molar-refractivity contribution in [2.45, 2.75) is 25.8 Å². The van der Waals surface area contributed by atoms with E-state index in [0.717, 1.165) is 6.42 Å². The van der Waals surface area contributed by atoms with Crippen LogP contribution in [0.1, 0.15) is 30.1 Å². The van der Waals surface area contributed by atoms with E-state index in [1.54, 1.807) is 18.5 Å². The van der Waals surface area contributed by atoms with E-state index in [2.05, 4.69) is 20.9 Å². The van der Waals surface area contributed by atoms with E-state index in [0.29, 0.717) is 30.8 Å². The number of piperidine rings is 1. The number of amides is 2. The first-order valence-corrected chi connectivity index (χ1v) is 6.49. The van der Waals surface area contributed by atoms with Gasteiger partial charge in [0, 0.05) is 19.3 Å². The predicted octanol–water partition coefficient (Wildman–Crippen LogP) is 0.522. The van der Waals surface area contributed by atoms with Crippen LogP contribution in [0.4, 0.5) is 5.69 Å². The van der Waals surface area contributed by atoms with Crippen molar-refractivity contribution in [3.8, 4) is 0 Å². The zero-order valence-electron chi connectivity index (χ0n) is 10.9. The van der Waals surface area contributed by atoms with Crippen LogP contribution in [0, 0.1) is 0 Å². The van der Waals surface area contributed by atoms with Crippen molar-refractivity contribution in [2.24, 2.45) is 0 Å². The Bertz CT molecular complexity index is 475. The zero-order chi connectivity index (χ0) is 13.7. The summed E-state index contributed by atoms with van der Waals surface area (Å²) in [5.41, 5.74) is 1.19. The van der Waals surface area contributed by atoms with Gasteiger partial charge in [-0.25, -0.2) is 0 Å². The number of carbonyl (C=O) groups excluding carboxylic acids is 2. The highest BCUT2D eigenvalue weighted by Gasteiger charge is 2.24. The van der Waals surface area contributed by atoms with Gasteiger partial charge in [0.1, 0.15) is 6.04 Å². The molecule has 1 aromatic heterocycles. The summed E-state index contributed by atoms with van der Waals surface area (Å²) < 4.78 is 0. The second-order valence-corrected chi connectivity index (χ2v) is 4.41. The Hall–Kier alpha value is -2.11. The fourth-order valence-corrected chi connectivity index (χ4v) is 2.07. The van der Waals surface area contributed by atoms with Gasteiger partial charge in [-0.05, 0) is 25.8 Å². The Morgan fingerprint density at radius 2 is 2.42 bits per heavy atom. The first kappa shape index (κ1) is 13.3. The van der Waals surface area contributed by atoms with Gasteiger partial charge in [-0.15, -0.1) is 0 Å². The second kappa shape index (κ2) is 6.17. The predicted molar refractivity (Wildman–Crippen MR) is 71.9 cm³/mol. The number of rotatable bonds is 4. The van der Waals surface area contributed by atoms with Crippen LogP contribution in [-0.4, -0.2) is 35.9 Å². The Balaban J connectivity index is 2.09. The summed E-state index contributed by atoms with van der Waals surface area (Å²) in [7, 11) is 0. The van der Waals surface area contributed by atoms with E-state index in [1.807, 2.05) is 6.92 Å². The number of hydrogen-bond donors (Lipinski definition) is 3. The molecule has 3 N–H and O–H groups in total. The van der Waals surface area contributed by atoms with E-state index in [-0.39, 0.29) is 11.8 Å². The lowest BCUT2D eigenvalue weighted by Gasteiger charge is -2.23. The largest absolute Gasteiger partial charge is 0.383 e. The lowest BCUT2D eigenvalue weighted by molar-refractivity contribution is -0.124. The smallest absolute Gasteiger partial charge is 0.254 e. The normalized spacial score (nSPS) is 18.6. The van der Waals surface area contributed by atoms with Crippen LogP contribution in [0.15, 0.2) is 18.5 Å². The second-order valence-electron chi connectivity index (χ2n) is 4.41. The molecule has 0 aliphatic carbocycles. The number of pyridine rings is 1. The fourth-order valence-electron chi connectivity index (χ4n) is 2.07. The van der Waals surface area contributed by atoms with Crippen LogP contribution in [0.2, 0.25) is 0 Å². The van der Waals surface area contributed by atoms with Gasteiger partial charge < -0.3 is 16.0 Å². The number of anilines is 1. The van der Waals surface area contributed by atoms with Gasteiger partial charge in [0.15, 0.2) is 0 Å². The average Bonchev–Trinajstić information content (AvgIpc) is 2.42. The lowest BCUT2D eigenvalue weighted by Crippen LogP contribution is -2.50. The summed E-state index contributed by atoms with van der Waals surface area (Å²) in [5, 5.41) is 8.59. The number of carbonyl (C=O) groups is 2.